The van der Waals surface area contributed by atoms with E-state index in [-0.39, 0.29) is 11.7 Å². The number of nitrogens with zero attached hydrogens (tertiary/aromatic N) is 2. The first-order chi connectivity index (χ1) is 13.0. The summed E-state index contributed by atoms with van der Waals surface area (Å²) in [6.07, 6.45) is 0. The maximum atomic E-state index is 12.2. The van der Waals surface area contributed by atoms with E-state index in [1.807, 2.05) is 0 Å². The number of hydrogen-bond donors (Lipinski definition) is 2. The molecule has 0 saturated heterocycles. The number of rotatable bonds is 6. The number of carbonyl (C=O) groups is 2. The van der Waals surface area contributed by atoms with Crippen LogP contribution in [-0.4, -0.2) is 29.0 Å². The fraction of sp³-hybridized carbons (Fsp3) is 0.100. The molecule has 0 unspecified atom stereocenters. The Labute approximate surface area is 156 Å². The number of Topliss-reactive ketones (excluding diaryl/α,β-unsaturated/α-hetero) is 1. The van der Waals surface area contributed by atoms with Crippen molar-refractivity contribution in [3.8, 4) is 5.75 Å². The van der Waals surface area contributed by atoms with Gasteiger partial charge in [-0.2, -0.15) is 0 Å². The van der Waals surface area contributed by atoms with Crippen molar-refractivity contribution < 1.29 is 14.3 Å². The van der Waals surface area contributed by atoms with Crippen molar-refractivity contribution in [2.24, 2.45) is 0 Å². The molecule has 3 rings (SSSR count). The molecule has 0 saturated carbocycles. The van der Waals surface area contributed by atoms with Gasteiger partial charge in [0.25, 0.3) is 5.91 Å². The molecule has 1 heterocycles. The van der Waals surface area contributed by atoms with Gasteiger partial charge < -0.3 is 15.4 Å². The van der Waals surface area contributed by atoms with Crippen molar-refractivity contribution >= 4 is 29.0 Å². The highest BCUT2D eigenvalue weighted by molar-refractivity contribution is 6.03. The Kier molecular flexibility index (Phi) is 5.41. The largest absolute Gasteiger partial charge is 0.497 e. The molecule has 0 aliphatic carbocycles. The zero-order valence-corrected chi connectivity index (χ0v) is 14.9. The van der Waals surface area contributed by atoms with Crippen LogP contribution in [0.15, 0.2) is 60.7 Å². The highest BCUT2D eigenvalue weighted by atomic mass is 16.5. The van der Waals surface area contributed by atoms with Gasteiger partial charge in [0.05, 0.1) is 7.11 Å². The fourth-order valence-electron chi connectivity index (χ4n) is 2.33. The Bertz CT molecular complexity index is 936. The molecule has 27 heavy (non-hydrogen) atoms. The van der Waals surface area contributed by atoms with E-state index in [1.54, 1.807) is 67.8 Å². The number of amides is 1. The van der Waals surface area contributed by atoms with E-state index in [1.165, 1.54) is 6.92 Å². The van der Waals surface area contributed by atoms with Crippen LogP contribution in [0.1, 0.15) is 27.6 Å². The van der Waals surface area contributed by atoms with Gasteiger partial charge in [0.15, 0.2) is 17.4 Å². The molecule has 0 aliphatic rings. The average Bonchev–Trinajstić information content (AvgIpc) is 2.70. The molecule has 0 aliphatic heterocycles. The van der Waals surface area contributed by atoms with E-state index in [0.29, 0.717) is 28.5 Å². The monoisotopic (exact) mass is 362 g/mol. The van der Waals surface area contributed by atoms with Crippen LogP contribution in [0.25, 0.3) is 0 Å². The summed E-state index contributed by atoms with van der Waals surface area (Å²) in [5, 5.41) is 13.8. The number of ketones is 1. The van der Waals surface area contributed by atoms with E-state index < -0.39 is 0 Å². The summed E-state index contributed by atoms with van der Waals surface area (Å²) in [5.74, 6) is 1.27. The third kappa shape index (κ3) is 4.66. The Balaban J connectivity index is 1.62. The minimum absolute atomic E-state index is 0.0123. The van der Waals surface area contributed by atoms with E-state index in [9.17, 15) is 9.59 Å². The number of anilines is 3. The molecule has 0 radical (unpaired) electrons. The highest BCUT2D eigenvalue weighted by Gasteiger charge is 2.08. The molecule has 3 aromatic rings. The molecule has 7 heteroatoms. The van der Waals surface area contributed by atoms with Crippen LogP contribution < -0.4 is 15.4 Å². The smallest absolute Gasteiger partial charge is 0.256 e. The van der Waals surface area contributed by atoms with Crippen molar-refractivity contribution in [1.82, 2.24) is 10.2 Å². The molecule has 136 valence electrons. The predicted molar refractivity (Wildman–Crippen MR) is 103 cm³/mol. The van der Waals surface area contributed by atoms with Gasteiger partial charge >= 0.3 is 0 Å². The van der Waals surface area contributed by atoms with E-state index in [2.05, 4.69) is 20.8 Å². The van der Waals surface area contributed by atoms with Gasteiger partial charge in [-0.15, -0.1) is 10.2 Å². The summed E-state index contributed by atoms with van der Waals surface area (Å²) in [6.45, 7) is 1.52. The molecule has 0 fully saturated rings. The number of carbonyl (C=O) groups excluding carboxylic acids is 2. The van der Waals surface area contributed by atoms with Crippen LogP contribution in [-0.2, 0) is 0 Å². The molecule has 1 amide bonds. The van der Waals surface area contributed by atoms with Crippen LogP contribution in [0.4, 0.5) is 17.3 Å². The average molecular weight is 362 g/mol. The first-order valence-electron chi connectivity index (χ1n) is 8.22. The lowest BCUT2D eigenvalue weighted by Crippen LogP contribution is -2.13. The SMILES string of the molecule is COc1ccc(C(=O)Nc2ccc(Nc3ccc(C(C)=O)cc3)nn2)cc1. The summed E-state index contributed by atoms with van der Waals surface area (Å²) in [7, 11) is 1.57. The zero-order chi connectivity index (χ0) is 19.2. The molecule has 0 atom stereocenters. The van der Waals surface area contributed by atoms with Gasteiger partial charge in [-0.3, -0.25) is 9.59 Å². The van der Waals surface area contributed by atoms with Gasteiger partial charge in [0.1, 0.15) is 5.75 Å². The zero-order valence-electron chi connectivity index (χ0n) is 14.9. The number of hydrogen-bond acceptors (Lipinski definition) is 6. The van der Waals surface area contributed by atoms with Crippen molar-refractivity contribution in [1.29, 1.82) is 0 Å². The Morgan fingerprint density at radius 2 is 1.41 bits per heavy atom. The Hall–Kier alpha value is -3.74. The van der Waals surface area contributed by atoms with Crippen LogP contribution in [0.2, 0.25) is 0 Å². The van der Waals surface area contributed by atoms with Gasteiger partial charge in [-0.05, 0) is 67.6 Å². The summed E-state index contributed by atoms with van der Waals surface area (Å²) >= 11 is 0. The molecule has 1 aromatic heterocycles. The third-order valence-corrected chi connectivity index (χ3v) is 3.82. The second-order valence-corrected chi connectivity index (χ2v) is 5.74. The van der Waals surface area contributed by atoms with Crippen LogP contribution >= 0.6 is 0 Å². The second-order valence-electron chi connectivity index (χ2n) is 5.74. The third-order valence-electron chi connectivity index (χ3n) is 3.82. The molecular weight excluding hydrogens is 344 g/mol. The van der Waals surface area contributed by atoms with E-state index in [4.69, 9.17) is 4.74 Å². The quantitative estimate of drug-likeness (QED) is 0.650. The molecule has 2 N–H and O–H groups in total. The number of benzene rings is 2. The molecule has 2 aromatic carbocycles. The van der Waals surface area contributed by atoms with Crippen LogP contribution in [0.5, 0.6) is 5.75 Å². The van der Waals surface area contributed by atoms with Crippen LogP contribution in [0.3, 0.4) is 0 Å². The minimum Gasteiger partial charge on any atom is -0.497 e. The topological polar surface area (TPSA) is 93.2 Å². The number of aromatic nitrogens is 2. The second kappa shape index (κ2) is 8.09. The minimum atomic E-state index is -0.285. The van der Waals surface area contributed by atoms with Crippen molar-refractivity contribution in [3.63, 3.8) is 0 Å². The van der Waals surface area contributed by atoms with Gasteiger partial charge in [-0.25, -0.2) is 0 Å². The maximum absolute atomic E-state index is 12.2. The first kappa shape index (κ1) is 18.1. The lowest BCUT2D eigenvalue weighted by Gasteiger charge is -2.07. The van der Waals surface area contributed by atoms with Gasteiger partial charge in [0.2, 0.25) is 0 Å². The van der Waals surface area contributed by atoms with Crippen molar-refractivity contribution in [2.75, 3.05) is 17.7 Å². The summed E-state index contributed by atoms with van der Waals surface area (Å²) in [6, 6.07) is 17.2. The highest BCUT2D eigenvalue weighted by Crippen LogP contribution is 2.17. The standard InChI is InChI=1S/C20H18N4O3/c1-13(25)14-3-7-16(8-4-14)21-18-11-12-19(24-23-18)22-20(26)15-5-9-17(27-2)10-6-15/h3-12H,1-2H3,(H,21,23)(H,22,24,26). The maximum Gasteiger partial charge on any atom is 0.256 e. The lowest BCUT2D eigenvalue weighted by atomic mass is 10.1. The summed E-state index contributed by atoms with van der Waals surface area (Å²) in [4.78, 5) is 23.5. The summed E-state index contributed by atoms with van der Waals surface area (Å²) < 4.78 is 5.07. The van der Waals surface area contributed by atoms with Gasteiger partial charge in [0, 0.05) is 16.8 Å². The normalized spacial score (nSPS) is 10.1. The van der Waals surface area contributed by atoms with Crippen molar-refractivity contribution in [2.45, 2.75) is 6.92 Å². The van der Waals surface area contributed by atoms with Gasteiger partial charge in [-0.1, -0.05) is 0 Å². The number of ether oxygens (including phenoxy) is 1. The van der Waals surface area contributed by atoms with Crippen molar-refractivity contribution in [3.05, 3.63) is 71.8 Å². The van der Waals surface area contributed by atoms with E-state index >= 15 is 0 Å². The molecule has 0 spiro atoms. The van der Waals surface area contributed by atoms with E-state index in [0.717, 1.165) is 5.69 Å². The predicted octanol–water partition coefficient (Wildman–Crippen LogP) is 3.68. The summed E-state index contributed by atoms with van der Waals surface area (Å²) in [5.41, 5.74) is 1.91. The molecule has 0 bridgehead atoms. The fourth-order valence-corrected chi connectivity index (χ4v) is 2.33. The number of methoxy groups -OCH3 is 1. The molecule has 7 nitrogen and oxygen atoms in total. The number of nitrogens with one attached hydrogen (secondary N) is 2. The lowest BCUT2D eigenvalue weighted by molar-refractivity contribution is 0.101. The van der Waals surface area contributed by atoms with Crippen LogP contribution in [0, 0.1) is 0 Å². The Morgan fingerprint density at radius 3 is 1.96 bits per heavy atom. The first-order valence-corrected chi connectivity index (χ1v) is 8.22. The molecular formula is C20H18N4O3. The Morgan fingerprint density at radius 1 is 0.815 bits per heavy atom.